The average Bonchev–Trinajstić information content (AvgIpc) is 2.86. The number of hydrogen-bond donors (Lipinski definition) is 1. The quantitative estimate of drug-likeness (QED) is 0.717. The molecule has 0 atom stereocenters. The van der Waals surface area contributed by atoms with Crippen LogP contribution >= 0.6 is 0 Å². The van der Waals surface area contributed by atoms with E-state index in [-0.39, 0.29) is 5.69 Å². The Morgan fingerprint density at radius 3 is 2.37 bits per heavy atom. The Hall–Kier alpha value is -2.74. The molecule has 5 nitrogen and oxygen atoms in total. The third kappa shape index (κ3) is 4.00. The molecule has 0 spiro atoms. The summed E-state index contributed by atoms with van der Waals surface area (Å²) in [6, 6.07) is 10.2. The number of halogens is 2. The van der Waals surface area contributed by atoms with Crippen molar-refractivity contribution in [2.24, 2.45) is 0 Å². The molecule has 2 aromatic carbocycles. The van der Waals surface area contributed by atoms with E-state index in [1.807, 2.05) is 31.2 Å². The van der Waals surface area contributed by atoms with Gasteiger partial charge in [-0.15, -0.1) is 0 Å². The highest BCUT2D eigenvalue weighted by Crippen LogP contribution is 2.25. The van der Waals surface area contributed by atoms with Gasteiger partial charge in [0.05, 0.1) is 23.6 Å². The van der Waals surface area contributed by atoms with Crippen LogP contribution in [0.25, 0.3) is 0 Å². The van der Waals surface area contributed by atoms with Gasteiger partial charge in [0.2, 0.25) is 0 Å². The van der Waals surface area contributed by atoms with E-state index in [9.17, 15) is 17.2 Å². The van der Waals surface area contributed by atoms with Gasteiger partial charge in [-0.05, 0) is 44.5 Å². The standard InChI is InChI=1S/C19H19F2N3O2S/c1-12-4-6-15(7-5-12)11-24-14(3)19(13(2)22-24)23-27(25,26)18-10-16(20)8-9-17(18)21/h4-10,23H,11H2,1-3H3. The third-order valence-corrected chi connectivity index (χ3v) is 5.62. The van der Waals surface area contributed by atoms with E-state index in [0.29, 0.717) is 24.0 Å². The predicted molar refractivity (Wildman–Crippen MR) is 99.1 cm³/mol. The van der Waals surface area contributed by atoms with Gasteiger partial charge in [0.1, 0.15) is 16.5 Å². The van der Waals surface area contributed by atoms with Gasteiger partial charge in [-0.2, -0.15) is 5.10 Å². The first-order valence-corrected chi connectivity index (χ1v) is 9.73. The zero-order chi connectivity index (χ0) is 19.8. The number of rotatable bonds is 5. The fraction of sp³-hybridized carbons (Fsp3) is 0.211. The van der Waals surface area contributed by atoms with Gasteiger partial charge in [-0.25, -0.2) is 17.2 Å². The Balaban J connectivity index is 1.92. The lowest BCUT2D eigenvalue weighted by molar-refractivity contribution is 0.555. The summed E-state index contributed by atoms with van der Waals surface area (Å²) in [6.45, 7) is 5.82. The highest BCUT2D eigenvalue weighted by molar-refractivity contribution is 7.92. The maximum atomic E-state index is 13.9. The van der Waals surface area contributed by atoms with Crippen LogP contribution < -0.4 is 4.72 Å². The minimum Gasteiger partial charge on any atom is -0.276 e. The van der Waals surface area contributed by atoms with Crippen LogP contribution in [0.3, 0.4) is 0 Å². The number of anilines is 1. The first-order valence-electron chi connectivity index (χ1n) is 8.25. The van der Waals surface area contributed by atoms with Crippen LogP contribution in [0.15, 0.2) is 47.4 Å². The molecular weight excluding hydrogens is 372 g/mol. The Kier molecular flexibility index (Phi) is 5.01. The smallest absolute Gasteiger partial charge is 0.265 e. The molecule has 1 aromatic heterocycles. The third-order valence-electron chi connectivity index (χ3n) is 4.25. The molecule has 0 fully saturated rings. The van der Waals surface area contributed by atoms with E-state index in [1.165, 1.54) is 0 Å². The van der Waals surface area contributed by atoms with Gasteiger partial charge in [0, 0.05) is 0 Å². The predicted octanol–water partition coefficient (Wildman–Crippen LogP) is 3.94. The van der Waals surface area contributed by atoms with Gasteiger partial charge in [-0.1, -0.05) is 29.8 Å². The SMILES string of the molecule is Cc1ccc(Cn2nc(C)c(NS(=O)(=O)c3cc(F)ccc3F)c2C)cc1. The van der Waals surface area contributed by atoms with Crippen molar-refractivity contribution in [3.63, 3.8) is 0 Å². The van der Waals surface area contributed by atoms with E-state index in [1.54, 1.807) is 18.5 Å². The molecule has 142 valence electrons. The Morgan fingerprint density at radius 1 is 1.04 bits per heavy atom. The van der Waals surface area contributed by atoms with Gasteiger partial charge in [-0.3, -0.25) is 9.40 Å². The van der Waals surface area contributed by atoms with Crippen molar-refractivity contribution < 1.29 is 17.2 Å². The Bertz CT molecular complexity index is 1090. The summed E-state index contributed by atoms with van der Waals surface area (Å²) < 4.78 is 56.3. The monoisotopic (exact) mass is 391 g/mol. The Morgan fingerprint density at radius 2 is 1.70 bits per heavy atom. The molecule has 0 aliphatic carbocycles. The number of hydrogen-bond acceptors (Lipinski definition) is 3. The normalized spacial score (nSPS) is 11.6. The van der Waals surface area contributed by atoms with Crippen molar-refractivity contribution in [2.45, 2.75) is 32.2 Å². The molecule has 0 amide bonds. The lowest BCUT2D eigenvalue weighted by Gasteiger charge is -2.10. The summed E-state index contributed by atoms with van der Waals surface area (Å²) in [7, 11) is -4.29. The van der Waals surface area contributed by atoms with E-state index >= 15 is 0 Å². The van der Waals surface area contributed by atoms with Gasteiger partial charge >= 0.3 is 0 Å². The Labute approximate surface area is 156 Å². The molecule has 27 heavy (non-hydrogen) atoms. The fourth-order valence-corrected chi connectivity index (χ4v) is 4.00. The van der Waals surface area contributed by atoms with Gasteiger partial charge < -0.3 is 0 Å². The lowest BCUT2D eigenvalue weighted by Crippen LogP contribution is -2.16. The van der Waals surface area contributed by atoms with Crippen LogP contribution in [0.5, 0.6) is 0 Å². The highest BCUT2D eigenvalue weighted by Gasteiger charge is 2.23. The number of aromatic nitrogens is 2. The van der Waals surface area contributed by atoms with E-state index in [0.717, 1.165) is 23.3 Å². The van der Waals surface area contributed by atoms with Crippen LogP contribution in [0, 0.1) is 32.4 Å². The van der Waals surface area contributed by atoms with Crippen molar-refractivity contribution in [3.8, 4) is 0 Å². The van der Waals surface area contributed by atoms with Gasteiger partial charge in [0.25, 0.3) is 10.0 Å². The molecule has 0 saturated carbocycles. The number of sulfonamides is 1. The number of benzene rings is 2. The maximum absolute atomic E-state index is 13.9. The zero-order valence-electron chi connectivity index (χ0n) is 15.1. The minimum atomic E-state index is -4.29. The molecule has 0 saturated heterocycles. The van der Waals surface area contributed by atoms with Gasteiger partial charge in [0.15, 0.2) is 0 Å². The molecule has 0 aliphatic rings. The summed E-state index contributed by atoms with van der Waals surface area (Å²) in [5, 5.41) is 4.37. The molecular formula is C19H19F2N3O2S. The maximum Gasteiger partial charge on any atom is 0.265 e. The zero-order valence-corrected chi connectivity index (χ0v) is 15.9. The van der Waals surface area contributed by atoms with Crippen LogP contribution in [0.1, 0.15) is 22.5 Å². The average molecular weight is 391 g/mol. The topological polar surface area (TPSA) is 64.0 Å². The molecule has 0 unspecified atom stereocenters. The number of nitrogens with one attached hydrogen (secondary N) is 1. The van der Waals surface area contributed by atoms with Crippen molar-refractivity contribution in [1.82, 2.24) is 9.78 Å². The van der Waals surface area contributed by atoms with Crippen molar-refractivity contribution in [3.05, 3.63) is 76.6 Å². The number of aryl methyl sites for hydroxylation is 2. The minimum absolute atomic E-state index is 0.255. The summed E-state index contributed by atoms with van der Waals surface area (Å²) >= 11 is 0. The molecule has 0 bridgehead atoms. The van der Waals surface area contributed by atoms with E-state index < -0.39 is 26.6 Å². The summed E-state index contributed by atoms with van der Waals surface area (Å²) in [6.07, 6.45) is 0. The van der Waals surface area contributed by atoms with Crippen molar-refractivity contribution >= 4 is 15.7 Å². The fourth-order valence-electron chi connectivity index (χ4n) is 2.74. The van der Waals surface area contributed by atoms with Crippen molar-refractivity contribution in [1.29, 1.82) is 0 Å². The van der Waals surface area contributed by atoms with Crippen LogP contribution in [0.2, 0.25) is 0 Å². The van der Waals surface area contributed by atoms with E-state index in [4.69, 9.17) is 0 Å². The lowest BCUT2D eigenvalue weighted by atomic mass is 10.1. The molecule has 1 N–H and O–H groups in total. The summed E-state index contributed by atoms with van der Waals surface area (Å²) in [4.78, 5) is -0.743. The second kappa shape index (κ2) is 7.11. The molecule has 8 heteroatoms. The summed E-state index contributed by atoms with van der Waals surface area (Å²) in [5.74, 6) is -1.86. The first kappa shape index (κ1) is 19.0. The molecule has 0 aliphatic heterocycles. The van der Waals surface area contributed by atoms with Crippen LogP contribution in [-0.4, -0.2) is 18.2 Å². The van der Waals surface area contributed by atoms with E-state index in [2.05, 4.69) is 9.82 Å². The second-order valence-corrected chi connectivity index (χ2v) is 8.02. The largest absolute Gasteiger partial charge is 0.276 e. The molecule has 0 radical (unpaired) electrons. The van der Waals surface area contributed by atoms with Crippen LogP contribution in [-0.2, 0) is 16.6 Å². The molecule has 3 aromatic rings. The molecule has 3 rings (SSSR count). The van der Waals surface area contributed by atoms with Crippen LogP contribution in [0.4, 0.5) is 14.5 Å². The molecule has 1 heterocycles. The summed E-state index contributed by atoms with van der Waals surface area (Å²) in [5.41, 5.74) is 3.42. The first-order chi connectivity index (χ1) is 12.7. The number of nitrogens with zero attached hydrogens (tertiary/aromatic N) is 2. The van der Waals surface area contributed by atoms with Crippen molar-refractivity contribution in [2.75, 3.05) is 4.72 Å². The highest BCUT2D eigenvalue weighted by atomic mass is 32.2. The second-order valence-electron chi connectivity index (χ2n) is 6.37.